The largest absolute Gasteiger partial charge is 0.490 e. The van der Waals surface area contributed by atoms with Crippen LogP contribution in [-0.4, -0.2) is 36.6 Å². The Labute approximate surface area is 190 Å². The molecule has 2 aromatic carbocycles. The van der Waals surface area contributed by atoms with E-state index in [-0.39, 0.29) is 29.8 Å². The van der Waals surface area contributed by atoms with Crippen molar-refractivity contribution in [3.05, 3.63) is 77.6 Å². The number of hydrogen-bond donors (Lipinski definition) is 1. The zero-order valence-electron chi connectivity index (χ0n) is 17.0. The second kappa shape index (κ2) is 9.37. The molecule has 2 aromatic heterocycles. The number of anilines is 1. The lowest BCUT2D eigenvalue weighted by Gasteiger charge is -2.14. The van der Waals surface area contributed by atoms with Crippen LogP contribution in [-0.2, 0) is 10.0 Å². The number of sulfonamides is 1. The van der Waals surface area contributed by atoms with Crippen molar-refractivity contribution < 1.29 is 17.9 Å². The molecule has 0 saturated carbocycles. The zero-order valence-corrected chi connectivity index (χ0v) is 18.6. The van der Waals surface area contributed by atoms with Crippen molar-refractivity contribution in [2.75, 3.05) is 17.9 Å². The third kappa shape index (κ3) is 4.90. The summed E-state index contributed by atoms with van der Waals surface area (Å²) in [4.78, 5) is 12.8. The number of nitrogens with one attached hydrogen (secondary N) is 1. The minimum Gasteiger partial charge on any atom is -0.490 e. The summed E-state index contributed by atoms with van der Waals surface area (Å²) >= 11 is 6.10. The summed E-state index contributed by atoms with van der Waals surface area (Å²) in [5.41, 5.74) is 1.36. The molecule has 10 heteroatoms. The Morgan fingerprint density at radius 1 is 0.938 bits per heavy atom. The lowest BCUT2D eigenvalue weighted by molar-refractivity contribution is 0.213. The van der Waals surface area contributed by atoms with Gasteiger partial charge in [0.2, 0.25) is 5.82 Å². The number of benzene rings is 2. The number of rotatable bonds is 8. The molecule has 8 nitrogen and oxygen atoms in total. The van der Waals surface area contributed by atoms with E-state index in [1.807, 2.05) is 30.3 Å². The van der Waals surface area contributed by atoms with Crippen molar-refractivity contribution in [2.45, 2.75) is 11.8 Å². The summed E-state index contributed by atoms with van der Waals surface area (Å²) in [7, 11) is -4.00. The molecule has 2 heterocycles. The van der Waals surface area contributed by atoms with E-state index >= 15 is 0 Å². The van der Waals surface area contributed by atoms with Crippen LogP contribution in [0.15, 0.2) is 71.9 Å². The summed E-state index contributed by atoms with van der Waals surface area (Å²) in [6.45, 7) is 1.99. The maximum absolute atomic E-state index is 13.0. The van der Waals surface area contributed by atoms with Gasteiger partial charge in [-0.25, -0.2) is 18.4 Å². The van der Waals surface area contributed by atoms with E-state index in [4.69, 9.17) is 21.1 Å². The van der Waals surface area contributed by atoms with Gasteiger partial charge in [-0.15, -0.1) is 0 Å². The minimum absolute atomic E-state index is 0.0189. The molecular formula is C22H19ClN4O4S. The first kappa shape index (κ1) is 21.8. The van der Waals surface area contributed by atoms with E-state index in [2.05, 4.69) is 19.7 Å². The van der Waals surface area contributed by atoms with Gasteiger partial charge < -0.3 is 9.47 Å². The molecule has 32 heavy (non-hydrogen) atoms. The van der Waals surface area contributed by atoms with Crippen LogP contribution in [0.3, 0.4) is 0 Å². The average molecular weight is 471 g/mol. The molecule has 0 unspecified atom stereocenters. The first-order valence-electron chi connectivity index (χ1n) is 9.64. The highest BCUT2D eigenvalue weighted by atomic mass is 35.5. The first-order chi connectivity index (χ1) is 15.4. The number of pyridine rings is 1. The maximum Gasteiger partial charge on any atom is 0.263 e. The van der Waals surface area contributed by atoms with Gasteiger partial charge in [-0.3, -0.25) is 9.71 Å². The quantitative estimate of drug-likeness (QED) is 0.384. The van der Waals surface area contributed by atoms with Gasteiger partial charge in [0.15, 0.2) is 0 Å². The molecule has 1 N–H and O–H groups in total. The van der Waals surface area contributed by atoms with E-state index in [9.17, 15) is 8.42 Å². The third-order valence-electron chi connectivity index (χ3n) is 4.51. The fraction of sp³-hybridized carbons (Fsp3) is 0.136. The van der Waals surface area contributed by atoms with Crippen molar-refractivity contribution in [3.8, 4) is 11.6 Å². The molecule has 0 radical (unpaired) electrons. The lowest BCUT2D eigenvalue weighted by Crippen LogP contribution is -2.18. The molecule has 0 aliphatic carbocycles. The highest BCUT2D eigenvalue weighted by Gasteiger charge is 2.22. The number of aromatic nitrogens is 3. The molecule has 0 aliphatic heterocycles. The van der Waals surface area contributed by atoms with Crippen LogP contribution >= 0.6 is 11.6 Å². The Balaban J connectivity index is 1.60. The highest BCUT2D eigenvalue weighted by molar-refractivity contribution is 7.92. The number of nitrogens with zero attached hydrogens (tertiary/aromatic N) is 3. The number of halogens is 1. The van der Waals surface area contributed by atoms with Gasteiger partial charge >= 0.3 is 0 Å². The highest BCUT2D eigenvalue weighted by Crippen LogP contribution is 2.28. The number of fused-ring (bicyclic) bond motifs is 1. The first-order valence-corrected chi connectivity index (χ1v) is 11.5. The van der Waals surface area contributed by atoms with E-state index in [0.717, 1.165) is 0 Å². The molecule has 0 bridgehead atoms. The summed E-state index contributed by atoms with van der Waals surface area (Å²) < 4.78 is 39.9. The smallest absolute Gasteiger partial charge is 0.263 e. The van der Waals surface area contributed by atoms with Crippen LogP contribution in [0, 0.1) is 6.92 Å². The second-order valence-electron chi connectivity index (χ2n) is 6.72. The van der Waals surface area contributed by atoms with Crippen molar-refractivity contribution in [1.82, 2.24) is 15.0 Å². The fourth-order valence-electron chi connectivity index (χ4n) is 2.93. The predicted molar refractivity (Wildman–Crippen MR) is 122 cm³/mol. The van der Waals surface area contributed by atoms with Crippen molar-refractivity contribution >= 4 is 38.5 Å². The summed E-state index contributed by atoms with van der Waals surface area (Å²) in [5, 5.41) is 0.345. The van der Waals surface area contributed by atoms with Gasteiger partial charge in [0.25, 0.3) is 15.9 Å². The van der Waals surface area contributed by atoms with Crippen molar-refractivity contribution in [1.29, 1.82) is 0 Å². The molecular weight excluding hydrogens is 452 g/mol. The van der Waals surface area contributed by atoms with Gasteiger partial charge in [-0.1, -0.05) is 35.9 Å². The molecule has 164 valence electrons. The van der Waals surface area contributed by atoms with Crippen LogP contribution in [0.4, 0.5) is 5.82 Å². The van der Waals surface area contributed by atoms with Gasteiger partial charge in [-0.05, 0) is 42.8 Å². The van der Waals surface area contributed by atoms with E-state index in [1.54, 1.807) is 31.3 Å². The second-order valence-corrected chi connectivity index (χ2v) is 8.78. The molecule has 0 amide bonds. The van der Waals surface area contributed by atoms with Crippen LogP contribution in [0.1, 0.15) is 5.56 Å². The lowest BCUT2D eigenvalue weighted by atomic mass is 10.2. The molecule has 4 aromatic rings. The molecule has 0 aliphatic rings. The van der Waals surface area contributed by atoms with E-state index < -0.39 is 10.0 Å². The molecule has 0 atom stereocenters. The SMILES string of the molecule is Cc1c(Cl)cccc1S(=O)(=O)Nc1nc2ccncc2nc1OCCOc1ccccc1. The Hall–Kier alpha value is -3.43. The summed E-state index contributed by atoms with van der Waals surface area (Å²) in [5.74, 6) is 0.676. The van der Waals surface area contributed by atoms with Gasteiger partial charge in [0.1, 0.15) is 24.5 Å². The van der Waals surface area contributed by atoms with E-state index in [0.29, 0.717) is 27.4 Å². The zero-order chi connectivity index (χ0) is 22.6. The molecule has 4 rings (SSSR count). The monoisotopic (exact) mass is 470 g/mol. The van der Waals surface area contributed by atoms with Gasteiger partial charge in [0.05, 0.1) is 16.6 Å². The number of para-hydroxylation sites is 1. The van der Waals surface area contributed by atoms with Crippen molar-refractivity contribution in [2.24, 2.45) is 0 Å². The van der Waals surface area contributed by atoms with Crippen LogP contribution < -0.4 is 14.2 Å². The Kier molecular flexibility index (Phi) is 6.38. The topological polar surface area (TPSA) is 103 Å². The molecule has 0 fully saturated rings. The van der Waals surface area contributed by atoms with Crippen LogP contribution in [0.25, 0.3) is 11.0 Å². The third-order valence-corrected chi connectivity index (χ3v) is 6.40. The Morgan fingerprint density at radius 2 is 1.72 bits per heavy atom. The molecule has 0 spiro atoms. The van der Waals surface area contributed by atoms with Gasteiger partial charge in [0, 0.05) is 11.2 Å². The van der Waals surface area contributed by atoms with E-state index in [1.165, 1.54) is 12.3 Å². The number of ether oxygens (including phenoxy) is 2. The van der Waals surface area contributed by atoms with Crippen molar-refractivity contribution in [3.63, 3.8) is 0 Å². The average Bonchev–Trinajstić information content (AvgIpc) is 2.79. The van der Waals surface area contributed by atoms with Gasteiger partial charge in [-0.2, -0.15) is 0 Å². The maximum atomic E-state index is 13.0. The summed E-state index contributed by atoms with van der Waals surface area (Å²) in [6, 6.07) is 15.6. The standard InChI is InChI=1S/C22H19ClN4O4S/c1-15-17(23)8-5-9-20(15)32(28,29)27-21-22(26-19-14-24-11-10-18(19)25-21)31-13-12-30-16-6-3-2-4-7-16/h2-11,14H,12-13H2,1H3,(H,25,27). The Bertz CT molecular complexity index is 1350. The minimum atomic E-state index is -4.00. The Morgan fingerprint density at radius 3 is 2.53 bits per heavy atom. The summed E-state index contributed by atoms with van der Waals surface area (Å²) in [6.07, 6.45) is 3.07. The van der Waals surface area contributed by atoms with Crippen LogP contribution in [0.5, 0.6) is 11.6 Å². The number of hydrogen-bond acceptors (Lipinski definition) is 7. The molecule has 0 saturated heterocycles. The fourth-order valence-corrected chi connectivity index (χ4v) is 4.43. The predicted octanol–water partition coefficient (Wildman–Crippen LogP) is 4.25. The van der Waals surface area contributed by atoms with Crippen LogP contribution in [0.2, 0.25) is 5.02 Å². The normalized spacial score (nSPS) is 11.3.